The monoisotopic (exact) mass is 202 g/mol. The molecule has 0 unspecified atom stereocenters. The number of hydrogen-bond acceptors (Lipinski definition) is 5. The molecule has 0 N–H and O–H groups in total. The first-order valence-electron chi connectivity index (χ1n) is 2.52. The van der Waals surface area contributed by atoms with Crippen LogP contribution >= 0.6 is 44.9 Å². The Bertz CT molecular complexity index is 45.8. The molecule has 5 heteroatoms. The van der Waals surface area contributed by atoms with Gasteiger partial charge in [-0.05, 0) is 0 Å². The zero-order chi connectivity index (χ0) is 6.95. The van der Waals surface area contributed by atoms with Crippen molar-refractivity contribution in [3.8, 4) is 0 Å². The van der Waals surface area contributed by atoms with Crippen LogP contribution in [0.1, 0.15) is 0 Å². The van der Waals surface area contributed by atoms with Crippen LogP contribution in [0.15, 0.2) is 0 Å². The van der Waals surface area contributed by atoms with Crippen LogP contribution in [0.25, 0.3) is 0 Å². The van der Waals surface area contributed by atoms with E-state index in [9.17, 15) is 0 Å². The smallest absolute Gasteiger partial charge is 0.0565 e. The maximum atomic E-state index is 5.18. The van der Waals surface area contributed by atoms with Crippen molar-refractivity contribution < 1.29 is 4.74 Å². The molecule has 0 heterocycles. The number of hydrogen-bond donors (Lipinski definition) is 2. The molecule has 0 aliphatic heterocycles. The van der Waals surface area contributed by atoms with E-state index in [1.807, 2.05) is 0 Å². The van der Waals surface area contributed by atoms with Crippen molar-refractivity contribution in [3.05, 3.63) is 0 Å². The standard InChI is InChI=1S/C4H10OS4/c6-8-3-1-5-2-4-9-7/h6-7H,1-4H2. The Balaban J connectivity index is 2.60. The van der Waals surface area contributed by atoms with Crippen LogP contribution in [-0.2, 0) is 4.74 Å². The second-order valence-corrected chi connectivity index (χ2v) is 4.16. The molecule has 0 aromatic heterocycles. The molecule has 0 fully saturated rings. The van der Waals surface area contributed by atoms with Gasteiger partial charge in [0.2, 0.25) is 0 Å². The molecule has 0 radical (unpaired) electrons. The molecule has 56 valence electrons. The molecule has 0 aliphatic rings. The van der Waals surface area contributed by atoms with Crippen LogP contribution in [-0.4, -0.2) is 24.7 Å². The van der Waals surface area contributed by atoms with E-state index in [4.69, 9.17) is 4.74 Å². The minimum Gasteiger partial charge on any atom is -0.380 e. The lowest BCUT2D eigenvalue weighted by Gasteiger charge is -1.98. The molecular formula is C4H10OS4. The average molecular weight is 202 g/mol. The van der Waals surface area contributed by atoms with Gasteiger partial charge in [0.25, 0.3) is 0 Å². The topological polar surface area (TPSA) is 9.23 Å². The summed E-state index contributed by atoms with van der Waals surface area (Å²) in [6.07, 6.45) is 0. The van der Waals surface area contributed by atoms with Gasteiger partial charge in [0.15, 0.2) is 0 Å². The molecule has 0 spiro atoms. The second kappa shape index (κ2) is 9.36. The van der Waals surface area contributed by atoms with Gasteiger partial charge in [-0.15, -0.1) is 23.3 Å². The van der Waals surface area contributed by atoms with E-state index in [0.717, 1.165) is 24.7 Å². The fraction of sp³-hybridized carbons (Fsp3) is 1.00. The molecule has 0 aromatic rings. The summed E-state index contributed by atoms with van der Waals surface area (Å²) in [6, 6.07) is 0. The van der Waals surface area contributed by atoms with Crippen LogP contribution in [0.2, 0.25) is 0 Å². The van der Waals surface area contributed by atoms with Crippen molar-refractivity contribution in [2.75, 3.05) is 24.7 Å². The van der Waals surface area contributed by atoms with Crippen molar-refractivity contribution >= 4 is 44.9 Å². The minimum absolute atomic E-state index is 0.794. The van der Waals surface area contributed by atoms with Crippen LogP contribution in [0.3, 0.4) is 0 Å². The Kier molecular flexibility index (Phi) is 10.8. The fourth-order valence-corrected chi connectivity index (χ4v) is 1.13. The Labute approximate surface area is 74.3 Å². The van der Waals surface area contributed by atoms with E-state index in [2.05, 4.69) is 23.3 Å². The first kappa shape index (κ1) is 10.4. The quantitative estimate of drug-likeness (QED) is 0.388. The maximum absolute atomic E-state index is 5.18. The van der Waals surface area contributed by atoms with Crippen LogP contribution in [0.5, 0.6) is 0 Å². The third-order valence-electron chi connectivity index (χ3n) is 0.638. The largest absolute Gasteiger partial charge is 0.380 e. The van der Waals surface area contributed by atoms with Gasteiger partial charge in [-0.2, -0.15) is 0 Å². The van der Waals surface area contributed by atoms with Crippen molar-refractivity contribution in [2.24, 2.45) is 0 Å². The highest BCUT2D eigenvalue weighted by Crippen LogP contribution is 2.05. The molecule has 0 aromatic carbocycles. The molecule has 0 atom stereocenters. The predicted octanol–water partition coefficient (Wildman–Crippen LogP) is 2.16. The van der Waals surface area contributed by atoms with Crippen LogP contribution in [0, 0.1) is 0 Å². The normalized spacial score (nSPS) is 10.0. The molecular weight excluding hydrogens is 192 g/mol. The fourth-order valence-electron chi connectivity index (χ4n) is 0.294. The van der Waals surface area contributed by atoms with E-state index in [0.29, 0.717) is 0 Å². The van der Waals surface area contributed by atoms with E-state index in [-0.39, 0.29) is 0 Å². The highest BCUT2D eigenvalue weighted by atomic mass is 33.1. The average Bonchev–Trinajstić information content (AvgIpc) is 1.89. The van der Waals surface area contributed by atoms with Crippen molar-refractivity contribution in [3.63, 3.8) is 0 Å². The number of thiol groups is 2. The Morgan fingerprint density at radius 1 is 1.00 bits per heavy atom. The summed E-state index contributed by atoms with van der Waals surface area (Å²) in [5.74, 6) is 1.92. The third kappa shape index (κ3) is 9.36. The summed E-state index contributed by atoms with van der Waals surface area (Å²) in [4.78, 5) is 0. The minimum atomic E-state index is 0.794. The summed E-state index contributed by atoms with van der Waals surface area (Å²) in [6.45, 7) is 1.59. The molecule has 0 saturated heterocycles. The summed E-state index contributed by atoms with van der Waals surface area (Å²) in [7, 11) is 3.01. The first-order chi connectivity index (χ1) is 4.41. The van der Waals surface area contributed by atoms with E-state index < -0.39 is 0 Å². The van der Waals surface area contributed by atoms with Gasteiger partial charge in [-0.3, -0.25) is 0 Å². The van der Waals surface area contributed by atoms with Gasteiger partial charge in [-0.1, -0.05) is 21.6 Å². The van der Waals surface area contributed by atoms with Gasteiger partial charge in [0.05, 0.1) is 13.2 Å². The molecule has 0 rings (SSSR count). The van der Waals surface area contributed by atoms with Crippen LogP contribution < -0.4 is 0 Å². The Hall–Kier alpha value is 1.36. The van der Waals surface area contributed by atoms with Crippen LogP contribution in [0.4, 0.5) is 0 Å². The van der Waals surface area contributed by atoms with Crippen molar-refractivity contribution in [2.45, 2.75) is 0 Å². The zero-order valence-electron chi connectivity index (χ0n) is 4.95. The van der Waals surface area contributed by atoms with E-state index in [1.165, 1.54) is 21.6 Å². The molecule has 0 aliphatic carbocycles. The van der Waals surface area contributed by atoms with E-state index in [1.54, 1.807) is 0 Å². The summed E-state index contributed by atoms with van der Waals surface area (Å²) >= 11 is 7.92. The second-order valence-electron chi connectivity index (χ2n) is 1.28. The zero-order valence-corrected chi connectivity index (χ0v) is 8.37. The lowest BCUT2D eigenvalue weighted by molar-refractivity contribution is 0.167. The van der Waals surface area contributed by atoms with Gasteiger partial charge in [-0.25, -0.2) is 0 Å². The first-order valence-corrected chi connectivity index (χ1v) is 6.60. The summed E-state index contributed by atoms with van der Waals surface area (Å²) in [5, 5.41) is 0. The van der Waals surface area contributed by atoms with E-state index >= 15 is 0 Å². The maximum Gasteiger partial charge on any atom is 0.0565 e. The highest BCUT2D eigenvalue weighted by molar-refractivity contribution is 8.68. The number of ether oxygens (including phenoxy) is 1. The predicted molar refractivity (Wildman–Crippen MR) is 53.7 cm³/mol. The highest BCUT2D eigenvalue weighted by Gasteiger charge is 1.85. The van der Waals surface area contributed by atoms with Gasteiger partial charge >= 0.3 is 0 Å². The summed E-state index contributed by atoms with van der Waals surface area (Å²) < 4.78 is 5.18. The Morgan fingerprint density at radius 3 is 1.78 bits per heavy atom. The molecule has 0 amide bonds. The molecule has 9 heavy (non-hydrogen) atoms. The lowest BCUT2D eigenvalue weighted by Crippen LogP contribution is -1.99. The van der Waals surface area contributed by atoms with Gasteiger partial charge in [0.1, 0.15) is 0 Å². The molecule has 0 bridgehead atoms. The van der Waals surface area contributed by atoms with Crippen molar-refractivity contribution in [1.29, 1.82) is 0 Å². The van der Waals surface area contributed by atoms with Crippen molar-refractivity contribution in [1.82, 2.24) is 0 Å². The third-order valence-corrected chi connectivity index (χ3v) is 2.43. The SMILES string of the molecule is SSCCOCCSS. The molecule has 0 saturated carbocycles. The van der Waals surface area contributed by atoms with Gasteiger partial charge in [0, 0.05) is 11.5 Å². The van der Waals surface area contributed by atoms with Gasteiger partial charge < -0.3 is 4.74 Å². The lowest BCUT2D eigenvalue weighted by atomic mass is 10.8. The molecule has 1 nitrogen and oxygen atoms in total. The number of rotatable bonds is 6. The summed E-state index contributed by atoms with van der Waals surface area (Å²) in [5.41, 5.74) is 0. The Morgan fingerprint density at radius 2 is 1.44 bits per heavy atom.